The lowest BCUT2D eigenvalue weighted by Crippen LogP contribution is -2.43. The van der Waals surface area contributed by atoms with Crippen LogP contribution in [0.25, 0.3) is 0 Å². The lowest BCUT2D eigenvalue weighted by Gasteiger charge is -2.31. The number of sulfonamides is 1. The summed E-state index contributed by atoms with van der Waals surface area (Å²) in [6.07, 6.45) is 1.28. The maximum absolute atomic E-state index is 13.2. The number of anilines is 1. The second kappa shape index (κ2) is 11.1. The number of amides is 1. The van der Waals surface area contributed by atoms with Crippen molar-refractivity contribution >= 4 is 33.4 Å². The molecule has 1 fully saturated rings. The molecule has 0 spiro atoms. The Morgan fingerprint density at radius 2 is 1.74 bits per heavy atom. The first-order valence-corrected chi connectivity index (χ1v) is 13.6. The molecule has 1 atom stereocenters. The van der Waals surface area contributed by atoms with Crippen LogP contribution in [0.4, 0.5) is 5.69 Å². The summed E-state index contributed by atoms with van der Waals surface area (Å²) in [5.74, 6) is 0.0538. The predicted molar refractivity (Wildman–Crippen MR) is 135 cm³/mol. The van der Waals surface area contributed by atoms with Gasteiger partial charge in [-0.05, 0) is 68.3 Å². The quantitative estimate of drug-likeness (QED) is 0.459. The molecule has 1 saturated heterocycles. The van der Waals surface area contributed by atoms with Gasteiger partial charge < -0.3 is 10.1 Å². The van der Waals surface area contributed by atoms with Gasteiger partial charge in [0, 0.05) is 22.9 Å². The largest absolute Gasteiger partial charge is 0.494 e. The second-order valence-electron chi connectivity index (χ2n) is 8.01. The number of hydrogen-bond donors (Lipinski definition) is 1. The topological polar surface area (TPSA) is 75.7 Å². The van der Waals surface area contributed by atoms with Crippen LogP contribution in [0.1, 0.15) is 19.8 Å². The number of carbonyl (C=O) groups is 1. The van der Waals surface area contributed by atoms with Gasteiger partial charge in [-0.25, -0.2) is 8.42 Å². The van der Waals surface area contributed by atoms with E-state index >= 15 is 0 Å². The fourth-order valence-corrected chi connectivity index (χ4v) is 6.35. The van der Waals surface area contributed by atoms with Gasteiger partial charge in [-0.15, -0.1) is 0 Å². The van der Waals surface area contributed by atoms with Crippen molar-refractivity contribution in [3.8, 4) is 5.75 Å². The molecule has 0 aromatic heterocycles. The second-order valence-corrected chi connectivity index (χ2v) is 11.1. The van der Waals surface area contributed by atoms with Gasteiger partial charge in [0.15, 0.2) is 0 Å². The van der Waals surface area contributed by atoms with E-state index in [0.717, 1.165) is 15.5 Å². The van der Waals surface area contributed by atoms with Crippen molar-refractivity contribution in [2.75, 3.05) is 25.0 Å². The number of benzene rings is 3. The van der Waals surface area contributed by atoms with Gasteiger partial charge in [0.25, 0.3) is 0 Å². The normalized spacial score (nSPS) is 16.7. The fraction of sp³-hybridized carbons (Fsp3) is 0.269. The minimum Gasteiger partial charge on any atom is -0.494 e. The van der Waals surface area contributed by atoms with Crippen molar-refractivity contribution in [3.63, 3.8) is 0 Å². The third kappa shape index (κ3) is 5.81. The Bertz CT molecular complexity index is 1220. The lowest BCUT2D eigenvalue weighted by molar-refractivity contribution is -0.120. The van der Waals surface area contributed by atoms with Crippen molar-refractivity contribution in [1.29, 1.82) is 0 Å². The summed E-state index contributed by atoms with van der Waals surface area (Å²) in [5.41, 5.74) is 0.729. The molecule has 6 nitrogen and oxygen atoms in total. The first kappa shape index (κ1) is 24.3. The Morgan fingerprint density at radius 1 is 1.03 bits per heavy atom. The van der Waals surface area contributed by atoms with Crippen LogP contribution < -0.4 is 10.1 Å². The number of carbonyl (C=O) groups excluding carboxylic acids is 1. The molecule has 3 aromatic rings. The van der Waals surface area contributed by atoms with Gasteiger partial charge in [0.1, 0.15) is 5.75 Å². The van der Waals surface area contributed by atoms with E-state index in [9.17, 15) is 13.2 Å². The molecule has 0 bridgehead atoms. The highest BCUT2D eigenvalue weighted by atomic mass is 32.2. The van der Waals surface area contributed by atoms with Gasteiger partial charge >= 0.3 is 0 Å². The van der Waals surface area contributed by atoms with E-state index in [4.69, 9.17) is 4.74 Å². The number of rotatable bonds is 8. The van der Waals surface area contributed by atoms with Gasteiger partial charge in [0.05, 0.1) is 23.1 Å². The zero-order chi connectivity index (χ0) is 24.0. The van der Waals surface area contributed by atoms with Crippen LogP contribution in [0.15, 0.2) is 93.5 Å². The van der Waals surface area contributed by atoms with Crippen molar-refractivity contribution in [2.45, 2.75) is 34.5 Å². The zero-order valence-corrected chi connectivity index (χ0v) is 20.6. The summed E-state index contributed by atoms with van der Waals surface area (Å²) >= 11 is 1.58. The van der Waals surface area contributed by atoms with Crippen LogP contribution in [0.3, 0.4) is 0 Å². The molecule has 1 amide bonds. The molecule has 0 unspecified atom stereocenters. The first-order valence-electron chi connectivity index (χ1n) is 11.3. The fourth-order valence-electron chi connectivity index (χ4n) is 3.91. The van der Waals surface area contributed by atoms with E-state index in [2.05, 4.69) is 5.32 Å². The molecule has 178 valence electrons. The highest BCUT2D eigenvalue weighted by Gasteiger charge is 2.33. The van der Waals surface area contributed by atoms with Crippen LogP contribution in [-0.2, 0) is 14.8 Å². The zero-order valence-electron chi connectivity index (χ0n) is 19.0. The minimum absolute atomic E-state index is 0.160. The SMILES string of the molecule is CCOc1ccc(S(=O)(=O)N2CCC[C@H](C(=O)Nc3ccccc3Sc3ccccc3)C2)cc1. The van der Waals surface area contributed by atoms with E-state index < -0.39 is 15.9 Å². The summed E-state index contributed by atoms with van der Waals surface area (Å²) in [6, 6.07) is 24.1. The number of hydrogen-bond acceptors (Lipinski definition) is 5. The highest BCUT2D eigenvalue weighted by Crippen LogP contribution is 2.34. The number of nitrogens with one attached hydrogen (secondary N) is 1. The van der Waals surface area contributed by atoms with Crippen molar-refractivity contribution in [2.24, 2.45) is 5.92 Å². The molecule has 1 aliphatic heterocycles. The van der Waals surface area contributed by atoms with E-state index in [-0.39, 0.29) is 17.3 Å². The molecule has 0 saturated carbocycles. The average molecular weight is 497 g/mol. The van der Waals surface area contributed by atoms with E-state index in [1.807, 2.05) is 61.5 Å². The summed E-state index contributed by atoms with van der Waals surface area (Å²) in [7, 11) is -3.69. The van der Waals surface area contributed by atoms with Crippen LogP contribution >= 0.6 is 11.8 Å². The maximum Gasteiger partial charge on any atom is 0.243 e. The standard InChI is InChI=1S/C26H28N2O4S2/c1-2-32-21-14-16-23(17-15-21)34(30,31)28-18-8-9-20(19-28)26(29)27-24-12-6-7-13-25(24)33-22-10-4-3-5-11-22/h3-7,10-17,20H,2,8-9,18-19H2,1H3,(H,27,29)/t20-/m0/s1. The molecular formula is C26H28N2O4S2. The first-order chi connectivity index (χ1) is 16.5. The van der Waals surface area contributed by atoms with Gasteiger partial charge in [-0.2, -0.15) is 4.31 Å². The summed E-state index contributed by atoms with van der Waals surface area (Å²) in [5, 5.41) is 3.04. The number of ether oxygens (including phenoxy) is 1. The van der Waals surface area contributed by atoms with Crippen LogP contribution in [0.2, 0.25) is 0 Å². The van der Waals surface area contributed by atoms with Gasteiger partial charge in [-0.1, -0.05) is 42.1 Å². The summed E-state index contributed by atoms with van der Waals surface area (Å²) < 4.78 is 33.2. The molecule has 34 heavy (non-hydrogen) atoms. The van der Waals surface area contributed by atoms with E-state index in [0.29, 0.717) is 31.7 Å². The van der Waals surface area contributed by atoms with Crippen molar-refractivity contribution < 1.29 is 17.9 Å². The van der Waals surface area contributed by atoms with Crippen molar-refractivity contribution in [3.05, 3.63) is 78.9 Å². The molecule has 1 N–H and O–H groups in total. The smallest absolute Gasteiger partial charge is 0.243 e. The molecule has 1 heterocycles. The minimum atomic E-state index is -3.69. The van der Waals surface area contributed by atoms with E-state index in [1.165, 1.54) is 4.31 Å². The Morgan fingerprint density at radius 3 is 2.47 bits per heavy atom. The Kier molecular flexibility index (Phi) is 7.92. The number of para-hydroxylation sites is 1. The van der Waals surface area contributed by atoms with Crippen LogP contribution in [0, 0.1) is 5.92 Å². The Labute approximate surface area is 205 Å². The maximum atomic E-state index is 13.2. The molecule has 4 rings (SSSR count). The summed E-state index contributed by atoms with van der Waals surface area (Å²) in [4.78, 5) is 15.4. The molecular weight excluding hydrogens is 468 g/mol. The van der Waals surface area contributed by atoms with Gasteiger partial charge in [-0.3, -0.25) is 4.79 Å². The van der Waals surface area contributed by atoms with Crippen LogP contribution in [-0.4, -0.2) is 38.3 Å². The number of piperidine rings is 1. The molecule has 0 aliphatic carbocycles. The van der Waals surface area contributed by atoms with Crippen LogP contribution in [0.5, 0.6) is 5.75 Å². The van der Waals surface area contributed by atoms with Gasteiger partial charge in [0.2, 0.25) is 15.9 Å². The van der Waals surface area contributed by atoms with E-state index in [1.54, 1.807) is 36.0 Å². The predicted octanol–water partition coefficient (Wildman–Crippen LogP) is 5.28. The molecule has 0 radical (unpaired) electrons. The Balaban J connectivity index is 1.45. The summed E-state index contributed by atoms with van der Waals surface area (Å²) in [6.45, 7) is 2.96. The Hall–Kier alpha value is -2.81. The third-order valence-electron chi connectivity index (χ3n) is 5.64. The molecule has 1 aliphatic rings. The lowest BCUT2D eigenvalue weighted by atomic mass is 9.99. The highest BCUT2D eigenvalue weighted by molar-refractivity contribution is 7.99. The third-order valence-corrected chi connectivity index (χ3v) is 8.61. The monoisotopic (exact) mass is 496 g/mol. The average Bonchev–Trinajstić information content (AvgIpc) is 2.86. The molecule has 8 heteroatoms. The molecule has 3 aromatic carbocycles. The number of nitrogens with zero attached hydrogens (tertiary/aromatic N) is 1. The van der Waals surface area contributed by atoms with Crippen molar-refractivity contribution in [1.82, 2.24) is 4.31 Å².